The molecule has 0 saturated carbocycles. The fraction of sp³-hybridized carbons (Fsp3) is 0.278. The number of hydrogen-bond acceptors (Lipinski definition) is 3. The van der Waals surface area contributed by atoms with E-state index in [-0.39, 0.29) is 17.7 Å². The van der Waals surface area contributed by atoms with Crippen molar-refractivity contribution in [2.45, 2.75) is 26.4 Å². The Morgan fingerprint density at radius 3 is 2.57 bits per heavy atom. The van der Waals surface area contributed by atoms with Crippen molar-refractivity contribution < 1.29 is 9.59 Å². The van der Waals surface area contributed by atoms with Gasteiger partial charge in [0.15, 0.2) is 0 Å². The van der Waals surface area contributed by atoms with E-state index in [1.54, 1.807) is 23.2 Å². The minimum Gasteiger partial charge on any atom is -0.322 e. The van der Waals surface area contributed by atoms with Crippen molar-refractivity contribution in [3.63, 3.8) is 0 Å². The summed E-state index contributed by atoms with van der Waals surface area (Å²) in [6.45, 7) is 4.35. The largest absolute Gasteiger partial charge is 0.322 e. The molecule has 1 unspecified atom stereocenters. The summed E-state index contributed by atoms with van der Waals surface area (Å²) in [6.07, 6.45) is 1.62. The van der Waals surface area contributed by atoms with E-state index in [9.17, 15) is 9.59 Å². The van der Waals surface area contributed by atoms with Crippen LogP contribution in [-0.4, -0.2) is 27.7 Å². The van der Waals surface area contributed by atoms with Crippen LogP contribution in [-0.2, 0) is 11.3 Å². The van der Waals surface area contributed by atoms with Crippen molar-refractivity contribution >= 4 is 17.6 Å². The summed E-state index contributed by atoms with van der Waals surface area (Å²) in [4.78, 5) is 31.1. The quantitative estimate of drug-likeness (QED) is 0.944. The van der Waals surface area contributed by atoms with Crippen LogP contribution >= 0.6 is 0 Å². The van der Waals surface area contributed by atoms with Crippen LogP contribution in [0.1, 0.15) is 29.8 Å². The molecule has 0 radical (unpaired) electrons. The lowest BCUT2D eigenvalue weighted by atomic mass is 10.0. The molecule has 5 heteroatoms. The van der Waals surface area contributed by atoms with Gasteiger partial charge in [-0.2, -0.15) is 0 Å². The number of hydrogen-bond donors (Lipinski definition) is 1. The second kappa shape index (κ2) is 6.20. The van der Waals surface area contributed by atoms with E-state index in [1.165, 1.54) is 0 Å². The molecule has 1 atom stereocenters. The summed E-state index contributed by atoms with van der Waals surface area (Å²) < 4.78 is 0. The molecule has 0 spiro atoms. The van der Waals surface area contributed by atoms with Crippen molar-refractivity contribution in [3.05, 3.63) is 59.8 Å². The lowest BCUT2D eigenvalue weighted by Gasteiger charge is -2.29. The molecule has 2 heterocycles. The SMILES string of the molecule is CC(C)C(C(=O)Nc1ccccn1)N1Cc2ccccc2C1=O. The molecule has 1 aromatic heterocycles. The van der Waals surface area contributed by atoms with E-state index in [4.69, 9.17) is 0 Å². The lowest BCUT2D eigenvalue weighted by Crippen LogP contribution is -2.47. The fourth-order valence-electron chi connectivity index (χ4n) is 2.94. The summed E-state index contributed by atoms with van der Waals surface area (Å²) in [5, 5.41) is 2.80. The standard InChI is InChI=1S/C18H19N3O2/c1-12(2)16(17(22)20-15-9-5-6-10-19-15)21-11-13-7-3-4-8-14(13)18(21)23/h3-10,12,16H,11H2,1-2H3,(H,19,20,22). The Bertz CT molecular complexity index is 728. The predicted molar refractivity (Wildman–Crippen MR) is 87.8 cm³/mol. The number of pyridine rings is 1. The van der Waals surface area contributed by atoms with Gasteiger partial charge < -0.3 is 10.2 Å². The van der Waals surface area contributed by atoms with Gasteiger partial charge in [-0.3, -0.25) is 9.59 Å². The van der Waals surface area contributed by atoms with Crippen molar-refractivity contribution in [1.82, 2.24) is 9.88 Å². The summed E-state index contributed by atoms with van der Waals surface area (Å²) in [6, 6.07) is 12.3. The maximum atomic E-state index is 12.7. The molecule has 2 amide bonds. The Balaban J connectivity index is 1.83. The highest BCUT2D eigenvalue weighted by atomic mass is 16.2. The highest BCUT2D eigenvalue weighted by molar-refractivity contribution is 6.03. The van der Waals surface area contributed by atoms with Crippen molar-refractivity contribution in [2.75, 3.05) is 5.32 Å². The highest BCUT2D eigenvalue weighted by Crippen LogP contribution is 2.27. The maximum absolute atomic E-state index is 12.7. The second-order valence-corrected chi connectivity index (χ2v) is 5.98. The first-order valence-electron chi connectivity index (χ1n) is 7.68. The number of carbonyl (C=O) groups is 2. The van der Waals surface area contributed by atoms with E-state index >= 15 is 0 Å². The van der Waals surface area contributed by atoms with Crippen LogP contribution in [0.4, 0.5) is 5.82 Å². The van der Waals surface area contributed by atoms with Crippen molar-refractivity contribution in [2.24, 2.45) is 5.92 Å². The molecule has 0 saturated heterocycles. The third-order valence-electron chi connectivity index (χ3n) is 4.00. The molecule has 3 rings (SSSR count). The maximum Gasteiger partial charge on any atom is 0.255 e. The van der Waals surface area contributed by atoms with Gasteiger partial charge in [0.05, 0.1) is 0 Å². The number of amides is 2. The van der Waals surface area contributed by atoms with Crippen LogP contribution in [0.15, 0.2) is 48.7 Å². The van der Waals surface area contributed by atoms with E-state index in [0.717, 1.165) is 5.56 Å². The molecule has 5 nitrogen and oxygen atoms in total. The van der Waals surface area contributed by atoms with Gasteiger partial charge in [-0.05, 0) is 29.7 Å². The first-order valence-corrected chi connectivity index (χ1v) is 7.68. The van der Waals surface area contributed by atoms with Crippen molar-refractivity contribution in [3.8, 4) is 0 Å². The van der Waals surface area contributed by atoms with E-state index < -0.39 is 6.04 Å². The molecular formula is C18H19N3O2. The molecule has 0 fully saturated rings. The predicted octanol–water partition coefficient (Wildman–Crippen LogP) is 2.70. The molecule has 0 bridgehead atoms. The molecule has 0 aliphatic carbocycles. The highest BCUT2D eigenvalue weighted by Gasteiger charge is 2.37. The van der Waals surface area contributed by atoms with Crippen molar-refractivity contribution in [1.29, 1.82) is 0 Å². The van der Waals surface area contributed by atoms with Gasteiger partial charge >= 0.3 is 0 Å². The number of carbonyl (C=O) groups excluding carboxylic acids is 2. The van der Waals surface area contributed by atoms with Gasteiger partial charge in [-0.15, -0.1) is 0 Å². The topological polar surface area (TPSA) is 62.3 Å². The third-order valence-corrected chi connectivity index (χ3v) is 4.00. The van der Waals surface area contributed by atoms with Gasteiger partial charge in [0, 0.05) is 18.3 Å². The summed E-state index contributed by atoms with van der Waals surface area (Å²) in [5.41, 5.74) is 1.65. The van der Waals surface area contributed by atoms with E-state index in [0.29, 0.717) is 17.9 Å². The molecular weight excluding hydrogens is 290 g/mol. The van der Waals surface area contributed by atoms with Crippen LogP contribution in [0.3, 0.4) is 0 Å². The Hall–Kier alpha value is -2.69. The van der Waals surface area contributed by atoms with Crippen LogP contribution < -0.4 is 5.32 Å². The third kappa shape index (κ3) is 2.95. The number of rotatable bonds is 4. The van der Waals surface area contributed by atoms with Crippen LogP contribution in [0, 0.1) is 5.92 Å². The molecule has 1 aliphatic heterocycles. The number of fused-ring (bicyclic) bond motifs is 1. The molecule has 2 aromatic rings. The Morgan fingerprint density at radius 2 is 1.91 bits per heavy atom. The number of anilines is 1. The molecule has 1 aliphatic rings. The Kier molecular flexibility index (Phi) is 4.10. The number of nitrogens with zero attached hydrogens (tertiary/aromatic N) is 2. The van der Waals surface area contributed by atoms with Crippen LogP contribution in [0.5, 0.6) is 0 Å². The molecule has 23 heavy (non-hydrogen) atoms. The number of benzene rings is 1. The zero-order valence-electron chi connectivity index (χ0n) is 13.2. The fourth-order valence-corrected chi connectivity index (χ4v) is 2.94. The average Bonchev–Trinajstić information content (AvgIpc) is 2.85. The normalized spacial score (nSPS) is 14.7. The zero-order chi connectivity index (χ0) is 16.4. The monoisotopic (exact) mass is 309 g/mol. The smallest absolute Gasteiger partial charge is 0.255 e. The van der Waals surface area contributed by atoms with Gasteiger partial charge in [-0.25, -0.2) is 4.98 Å². The van der Waals surface area contributed by atoms with Gasteiger partial charge in [0.25, 0.3) is 5.91 Å². The average molecular weight is 309 g/mol. The molecule has 1 aromatic carbocycles. The lowest BCUT2D eigenvalue weighted by molar-refractivity contribution is -0.122. The summed E-state index contributed by atoms with van der Waals surface area (Å²) in [7, 11) is 0. The first-order chi connectivity index (χ1) is 11.1. The van der Waals surface area contributed by atoms with Crippen LogP contribution in [0.2, 0.25) is 0 Å². The van der Waals surface area contributed by atoms with Gasteiger partial charge in [-0.1, -0.05) is 38.1 Å². The Morgan fingerprint density at radius 1 is 1.17 bits per heavy atom. The number of nitrogens with one attached hydrogen (secondary N) is 1. The molecule has 118 valence electrons. The zero-order valence-corrected chi connectivity index (χ0v) is 13.2. The van der Waals surface area contributed by atoms with E-state index in [1.807, 2.05) is 44.2 Å². The molecule has 1 N–H and O–H groups in total. The minimum absolute atomic E-state index is 0.00280. The Labute approximate surface area is 135 Å². The first kappa shape index (κ1) is 15.2. The van der Waals surface area contributed by atoms with E-state index in [2.05, 4.69) is 10.3 Å². The number of aromatic nitrogens is 1. The van der Waals surface area contributed by atoms with Gasteiger partial charge in [0.1, 0.15) is 11.9 Å². The van der Waals surface area contributed by atoms with Crippen LogP contribution in [0.25, 0.3) is 0 Å². The minimum atomic E-state index is -0.531. The summed E-state index contributed by atoms with van der Waals surface area (Å²) >= 11 is 0. The summed E-state index contributed by atoms with van der Waals surface area (Å²) in [5.74, 6) is 0.194. The second-order valence-electron chi connectivity index (χ2n) is 5.98. The van der Waals surface area contributed by atoms with Gasteiger partial charge in [0.2, 0.25) is 5.91 Å².